The van der Waals surface area contributed by atoms with E-state index in [9.17, 15) is 27.2 Å². The Labute approximate surface area is 191 Å². The summed E-state index contributed by atoms with van der Waals surface area (Å²) in [7, 11) is -3.94. The number of hydrogen-bond donors (Lipinski definition) is 2. The van der Waals surface area contributed by atoms with Crippen molar-refractivity contribution in [1.82, 2.24) is 9.62 Å². The van der Waals surface area contributed by atoms with Gasteiger partial charge in [-0.05, 0) is 50.5 Å². The highest BCUT2D eigenvalue weighted by molar-refractivity contribution is 7.89. The second kappa shape index (κ2) is 10.5. The summed E-state index contributed by atoms with van der Waals surface area (Å²) in [4.78, 5) is 36.5. The van der Waals surface area contributed by atoms with E-state index in [-0.39, 0.29) is 23.5 Å². The number of carbonyl (C=O) groups is 3. The van der Waals surface area contributed by atoms with Gasteiger partial charge in [-0.15, -0.1) is 0 Å². The number of benzene rings is 2. The third kappa shape index (κ3) is 6.14. The van der Waals surface area contributed by atoms with Crippen molar-refractivity contribution < 1.29 is 31.9 Å². The van der Waals surface area contributed by atoms with Crippen molar-refractivity contribution >= 4 is 33.6 Å². The summed E-state index contributed by atoms with van der Waals surface area (Å²) in [5, 5.41) is 4.09. The van der Waals surface area contributed by atoms with Gasteiger partial charge < -0.3 is 10.1 Å². The fraction of sp³-hybridized carbons (Fsp3) is 0.318. The Hall–Kier alpha value is -3.31. The molecule has 2 N–H and O–H groups in total. The molecule has 1 unspecified atom stereocenters. The maximum absolute atomic E-state index is 13.6. The van der Waals surface area contributed by atoms with Crippen LogP contribution in [0.3, 0.4) is 0 Å². The molecule has 0 aromatic heterocycles. The van der Waals surface area contributed by atoms with Gasteiger partial charge in [-0.25, -0.2) is 17.6 Å². The Balaban J connectivity index is 1.58. The van der Waals surface area contributed by atoms with Gasteiger partial charge in [-0.1, -0.05) is 29.8 Å². The number of nitrogens with zero attached hydrogens (tertiary/aromatic N) is 1. The Bertz CT molecular complexity index is 1140. The lowest BCUT2D eigenvalue weighted by Gasteiger charge is -2.32. The molecule has 3 rings (SSSR count). The van der Waals surface area contributed by atoms with Gasteiger partial charge in [0.1, 0.15) is 11.9 Å². The van der Waals surface area contributed by atoms with Crippen LogP contribution >= 0.6 is 0 Å². The first-order chi connectivity index (χ1) is 15.7. The number of imide groups is 1. The first kappa shape index (κ1) is 24.3. The number of sulfonamides is 1. The van der Waals surface area contributed by atoms with Crippen LogP contribution in [0.2, 0.25) is 0 Å². The maximum atomic E-state index is 13.6. The van der Waals surface area contributed by atoms with Crippen LogP contribution in [0.5, 0.6) is 0 Å². The monoisotopic (exact) mass is 477 g/mol. The van der Waals surface area contributed by atoms with Crippen molar-refractivity contribution in [2.24, 2.45) is 0 Å². The number of para-hydroxylation sites is 1. The number of piperidine rings is 1. The molecule has 1 aliphatic heterocycles. The molecule has 0 saturated carbocycles. The second-order valence-electron chi connectivity index (χ2n) is 7.53. The standard InChI is InChI=1S/C22H24FN3O6S/c1-15-9-11-16(12-10-15)33(30,31)26-13-5-4-8-19(26)21(28)32-14-20(27)25-22(29)24-18-7-3-2-6-17(18)23/h2-3,6-7,9-12,19H,4-5,8,13-14H2,1H3,(H2,24,25,27,29). The van der Waals surface area contributed by atoms with Crippen molar-refractivity contribution in [2.45, 2.75) is 37.1 Å². The average Bonchev–Trinajstić information content (AvgIpc) is 2.79. The van der Waals surface area contributed by atoms with Crippen molar-refractivity contribution in [1.29, 1.82) is 0 Å². The minimum atomic E-state index is -3.94. The number of urea groups is 1. The third-order valence-corrected chi connectivity index (χ3v) is 7.00. The average molecular weight is 478 g/mol. The van der Waals surface area contributed by atoms with Gasteiger partial charge in [0.25, 0.3) is 5.91 Å². The van der Waals surface area contributed by atoms with E-state index < -0.39 is 46.4 Å². The van der Waals surface area contributed by atoms with E-state index in [0.717, 1.165) is 15.9 Å². The largest absolute Gasteiger partial charge is 0.454 e. The van der Waals surface area contributed by atoms with E-state index >= 15 is 0 Å². The van der Waals surface area contributed by atoms with Gasteiger partial charge in [0.2, 0.25) is 10.0 Å². The molecule has 0 aliphatic carbocycles. The van der Waals surface area contributed by atoms with Crippen LogP contribution in [0.4, 0.5) is 14.9 Å². The summed E-state index contributed by atoms with van der Waals surface area (Å²) in [5.41, 5.74) is 0.771. The van der Waals surface area contributed by atoms with Gasteiger partial charge in [-0.2, -0.15) is 4.31 Å². The second-order valence-corrected chi connectivity index (χ2v) is 9.42. The summed E-state index contributed by atoms with van der Waals surface area (Å²) in [6, 6.07) is 9.60. The van der Waals surface area contributed by atoms with Crippen LogP contribution in [0.15, 0.2) is 53.4 Å². The highest BCUT2D eigenvalue weighted by Crippen LogP contribution is 2.26. The number of aryl methyl sites for hydroxylation is 1. The predicted octanol–water partition coefficient (Wildman–Crippen LogP) is 2.57. The molecule has 3 amide bonds. The zero-order valence-corrected chi connectivity index (χ0v) is 18.7. The number of hydrogen-bond acceptors (Lipinski definition) is 6. The lowest BCUT2D eigenvalue weighted by atomic mass is 10.1. The molecule has 11 heteroatoms. The summed E-state index contributed by atoms with van der Waals surface area (Å²) in [6.07, 6.45) is 1.46. The topological polar surface area (TPSA) is 122 Å². The van der Waals surface area contributed by atoms with E-state index in [1.54, 1.807) is 12.1 Å². The minimum Gasteiger partial charge on any atom is -0.454 e. The van der Waals surface area contributed by atoms with Gasteiger partial charge in [0.15, 0.2) is 6.61 Å². The number of ether oxygens (including phenoxy) is 1. The number of carbonyl (C=O) groups excluding carboxylic acids is 3. The fourth-order valence-corrected chi connectivity index (χ4v) is 5.03. The Morgan fingerprint density at radius 3 is 2.48 bits per heavy atom. The molecule has 0 spiro atoms. The SMILES string of the molecule is Cc1ccc(S(=O)(=O)N2CCCCC2C(=O)OCC(=O)NC(=O)Nc2ccccc2F)cc1. The highest BCUT2D eigenvalue weighted by Gasteiger charge is 2.38. The zero-order valence-electron chi connectivity index (χ0n) is 17.9. The van der Waals surface area contributed by atoms with Crippen LogP contribution in [0.1, 0.15) is 24.8 Å². The van der Waals surface area contributed by atoms with Gasteiger partial charge in [0.05, 0.1) is 10.6 Å². The fourth-order valence-electron chi connectivity index (χ4n) is 3.39. The Morgan fingerprint density at radius 2 is 1.79 bits per heavy atom. The molecule has 1 aliphatic rings. The number of esters is 1. The molecule has 1 atom stereocenters. The smallest absolute Gasteiger partial charge is 0.326 e. The molecule has 2 aromatic carbocycles. The van der Waals surface area contributed by atoms with E-state index in [2.05, 4.69) is 5.32 Å². The van der Waals surface area contributed by atoms with Gasteiger partial charge in [-0.3, -0.25) is 14.9 Å². The minimum absolute atomic E-state index is 0.0651. The number of rotatable bonds is 6. The summed E-state index contributed by atoms with van der Waals surface area (Å²) in [5.74, 6) is -2.50. The summed E-state index contributed by atoms with van der Waals surface area (Å²) >= 11 is 0. The number of amides is 3. The van der Waals surface area contributed by atoms with Crippen LogP contribution < -0.4 is 10.6 Å². The maximum Gasteiger partial charge on any atom is 0.326 e. The molecule has 1 saturated heterocycles. The van der Waals surface area contributed by atoms with E-state index in [4.69, 9.17) is 4.74 Å². The molecular formula is C22H24FN3O6S. The van der Waals surface area contributed by atoms with Crippen molar-refractivity contribution in [3.63, 3.8) is 0 Å². The Kier molecular flexibility index (Phi) is 7.77. The predicted molar refractivity (Wildman–Crippen MR) is 117 cm³/mol. The molecule has 0 radical (unpaired) electrons. The van der Waals surface area contributed by atoms with Crippen molar-refractivity contribution in [3.05, 3.63) is 59.9 Å². The molecule has 1 heterocycles. The summed E-state index contributed by atoms with van der Waals surface area (Å²) < 4.78 is 45.8. The van der Waals surface area contributed by atoms with Crippen molar-refractivity contribution in [2.75, 3.05) is 18.5 Å². The van der Waals surface area contributed by atoms with E-state index in [1.807, 2.05) is 12.2 Å². The van der Waals surface area contributed by atoms with Gasteiger partial charge in [0, 0.05) is 6.54 Å². The zero-order chi connectivity index (χ0) is 24.0. The van der Waals surface area contributed by atoms with Crippen LogP contribution in [-0.2, 0) is 24.3 Å². The number of anilines is 1. The molecule has 9 nitrogen and oxygen atoms in total. The first-order valence-electron chi connectivity index (χ1n) is 10.3. The van der Waals surface area contributed by atoms with E-state index in [0.29, 0.717) is 12.8 Å². The molecule has 1 fully saturated rings. The lowest BCUT2D eigenvalue weighted by Crippen LogP contribution is -2.49. The normalized spacial score (nSPS) is 16.6. The molecule has 33 heavy (non-hydrogen) atoms. The number of nitrogens with one attached hydrogen (secondary N) is 2. The summed E-state index contributed by atoms with van der Waals surface area (Å²) in [6.45, 7) is 1.19. The number of halogens is 1. The molecule has 176 valence electrons. The molecular weight excluding hydrogens is 453 g/mol. The van der Waals surface area contributed by atoms with Crippen molar-refractivity contribution in [3.8, 4) is 0 Å². The lowest BCUT2D eigenvalue weighted by molar-refractivity contribution is -0.152. The molecule has 0 bridgehead atoms. The van der Waals surface area contributed by atoms with Crippen LogP contribution in [-0.4, -0.2) is 49.8 Å². The quantitative estimate of drug-likeness (QED) is 0.617. The first-order valence-corrected chi connectivity index (χ1v) is 11.7. The van der Waals surface area contributed by atoms with Gasteiger partial charge >= 0.3 is 12.0 Å². The third-order valence-electron chi connectivity index (χ3n) is 5.07. The highest BCUT2D eigenvalue weighted by atomic mass is 32.2. The Morgan fingerprint density at radius 1 is 1.09 bits per heavy atom. The molecule has 2 aromatic rings. The van der Waals surface area contributed by atoms with Crippen LogP contribution in [0, 0.1) is 12.7 Å². The van der Waals surface area contributed by atoms with E-state index in [1.165, 1.54) is 30.3 Å². The van der Waals surface area contributed by atoms with Crippen LogP contribution in [0.25, 0.3) is 0 Å².